The van der Waals surface area contributed by atoms with Crippen LogP contribution in [-0.2, 0) is 0 Å². The van der Waals surface area contributed by atoms with Gasteiger partial charge in [0.25, 0.3) is 0 Å². The number of rotatable bonds is 3. The molecule has 0 saturated heterocycles. The molecular weight excluding hydrogens is 341 g/mol. The van der Waals surface area contributed by atoms with Gasteiger partial charge in [-0.05, 0) is 47.5 Å². The average Bonchev–Trinajstić information content (AvgIpc) is 3.14. The van der Waals surface area contributed by atoms with Crippen LogP contribution in [0.15, 0.2) is 97.3 Å². The predicted octanol–water partition coefficient (Wildman–Crippen LogP) is 4.55. The number of hydrogen-bond donors (Lipinski definition) is 0. The third-order valence-corrected chi connectivity index (χ3v) is 4.78. The summed E-state index contributed by atoms with van der Waals surface area (Å²) in [6, 6.07) is 28.5. The molecule has 3 aromatic carbocycles. The summed E-state index contributed by atoms with van der Waals surface area (Å²) in [7, 11) is 6.26. The maximum Gasteiger partial charge on any atom is 0.145 e. The third kappa shape index (κ3) is 2.89. The lowest BCUT2D eigenvalue weighted by molar-refractivity contribution is 1.10. The second kappa shape index (κ2) is 6.82. The largest absolute Gasteiger partial charge is 0.292 e. The van der Waals surface area contributed by atoms with E-state index in [1.807, 2.05) is 66.9 Å². The summed E-state index contributed by atoms with van der Waals surface area (Å²) in [5.41, 5.74) is 6.80. The summed E-state index contributed by atoms with van der Waals surface area (Å²) in [6.45, 7) is 0. The lowest BCUT2D eigenvalue weighted by Gasteiger charge is -2.12. The minimum atomic E-state index is 0.697. The summed E-state index contributed by atoms with van der Waals surface area (Å²) in [5, 5.41) is 0. The average molecular weight is 357 g/mol. The number of fused-ring (bicyclic) bond motifs is 1. The number of para-hydroxylation sites is 3. The first-order chi connectivity index (χ1) is 13.8. The highest BCUT2D eigenvalue weighted by molar-refractivity contribution is 6.33. The highest BCUT2D eigenvalue weighted by Crippen LogP contribution is 2.30. The van der Waals surface area contributed by atoms with E-state index in [9.17, 15) is 0 Å². The molecule has 0 amide bonds. The summed E-state index contributed by atoms with van der Waals surface area (Å²) in [5.74, 6) is 0.866. The lowest BCUT2D eigenvalue weighted by atomic mass is 9.90. The van der Waals surface area contributed by atoms with Crippen LogP contribution in [-0.4, -0.2) is 22.4 Å². The van der Waals surface area contributed by atoms with Gasteiger partial charge in [0.2, 0.25) is 0 Å². The molecule has 0 aliphatic heterocycles. The fourth-order valence-corrected chi connectivity index (χ4v) is 3.54. The molecule has 0 bridgehead atoms. The first-order valence-electron chi connectivity index (χ1n) is 9.14. The smallest absolute Gasteiger partial charge is 0.145 e. The zero-order valence-corrected chi connectivity index (χ0v) is 15.2. The van der Waals surface area contributed by atoms with E-state index in [2.05, 4.69) is 33.8 Å². The van der Waals surface area contributed by atoms with Crippen molar-refractivity contribution in [2.45, 2.75) is 0 Å². The third-order valence-electron chi connectivity index (χ3n) is 4.78. The molecule has 4 heteroatoms. The van der Waals surface area contributed by atoms with Crippen molar-refractivity contribution in [2.75, 3.05) is 0 Å². The van der Waals surface area contributed by atoms with Crippen LogP contribution in [0.1, 0.15) is 0 Å². The summed E-state index contributed by atoms with van der Waals surface area (Å²) in [6.07, 6.45) is 3.62. The van der Waals surface area contributed by atoms with E-state index in [1.54, 1.807) is 6.20 Å². The van der Waals surface area contributed by atoms with Crippen LogP contribution >= 0.6 is 0 Å². The van der Waals surface area contributed by atoms with Crippen molar-refractivity contribution >= 4 is 24.3 Å². The fraction of sp³-hybridized carbons (Fsp3) is 0. The van der Waals surface area contributed by atoms with E-state index >= 15 is 0 Å². The van der Waals surface area contributed by atoms with Crippen molar-refractivity contribution in [3.05, 3.63) is 97.3 Å². The molecule has 0 saturated carbocycles. The first-order valence-corrected chi connectivity index (χ1v) is 9.14. The molecule has 2 heterocycles. The zero-order valence-electron chi connectivity index (χ0n) is 15.2. The Labute approximate surface area is 164 Å². The van der Waals surface area contributed by atoms with Gasteiger partial charge in [0.1, 0.15) is 13.7 Å². The highest BCUT2D eigenvalue weighted by atomic mass is 15.1. The Morgan fingerprint density at radius 2 is 1.50 bits per heavy atom. The summed E-state index contributed by atoms with van der Waals surface area (Å²) < 4.78 is 2.18. The lowest BCUT2D eigenvalue weighted by Crippen LogP contribution is -2.05. The summed E-state index contributed by atoms with van der Waals surface area (Å²) >= 11 is 0. The van der Waals surface area contributed by atoms with E-state index < -0.39 is 0 Å². The van der Waals surface area contributed by atoms with Crippen molar-refractivity contribution < 1.29 is 0 Å². The molecule has 130 valence electrons. The van der Waals surface area contributed by atoms with Gasteiger partial charge in [-0.25, -0.2) is 4.98 Å². The van der Waals surface area contributed by atoms with Gasteiger partial charge in [0, 0.05) is 23.6 Å². The van der Waals surface area contributed by atoms with Crippen LogP contribution in [0.25, 0.3) is 39.2 Å². The molecule has 0 unspecified atom stereocenters. The van der Waals surface area contributed by atoms with E-state index in [4.69, 9.17) is 12.8 Å². The molecule has 0 fully saturated rings. The van der Waals surface area contributed by atoms with Crippen LogP contribution in [0.4, 0.5) is 0 Å². The monoisotopic (exact) mass is 357 g/mol. The Hall–Kier alpha value is -3.66. The van der Waals surface area contributed by atoms with Crippen molar-refractivity contribution in [3.63, 3.8) is 0 Å². The standard InChI is InChI=1S/C24H16BN3/c25-20-14-18(17-7-6-12-26-16-17)13-19(15-20)24-27-22-10-4-5-11-23(22)28(24)21-8-2-1-3-9-21/h1-16H. The number of pyridine rings is 1. The molecule has 0 atom stereocenters. The zero-order chi connectivity index (χ0) is 18.9. The number of aromatic nitrogens is 3. The van der Waals surface area contributed by atoms with Gasteiger partial charge in [-0.15, -0.1) is 0 Å². The van der Waals surface area contributed by atoms with Gasteiger partial charge in [-0.3, -0.25) is 9.55 Å². The molecule has 2 radical (unpaired) electrons. The molecule has 3 nitrogen and oxygen atoms in total. The van der Waals surface area contributed by atoms with Crippen LogP contribution < -0.4 is 5.46 Å². The predicted molar refractivity (Wildman–Crippen MR) is 115 cm³/mol. The van der Waals surface area contributed by atoms with Crippen molar-refractivity contribution in [1.29, 1.82) is 0 Å². The molecule has 0 aliphatic rings. The maximum absolute atomic E-state index is 6.26. The summed E-state index contributed by atoms with van der Waals surface area (Å²) in [4.78, 5) is 9.16. The number of nitrogens with zero attached hydrogens (tertiary/aromatic N) is 3. The number of benzene rings is 3. The van der Waals surface area contributed by atoms with Gasteiger partial charge >= 0.3 is 0 Å². The Morgan fingerprint density at radius 3 is 2.32 bits per heavy atom. The molecule has 2 aromatic heterocycles. The Balaban J connectivity index is 1.78. The van der Waals surface area contributed by atoms with Crippen LogP contribution in [0.2, 0.25) is 0 Å². The Kier molecular flexibility index (Phi) is 4.02. The SMILES string of the molecule is [B]c1cc(-c2cccnc2)cc(-c2nc3ccccc3n2-c2ccccc2)c1. The van der Waals surface area contributed by atoms with Gasteiger partial charge in [-0.2, -0.15) is 0 Å². The molecule has 0 N–H and O–H groups in total. The second-order valence-corrected chi connectivity index (χ2v) is 6.68. The normalized spacial score (nSPS) is 11.0. The van der Waals surface area contributed by atoms with Gasteiger partial charge in [-0.1, -0.05) is 54.0 Å². The first kappa shape index (κ1) is 16.5. The van der Waals surface area contributed by atoms with E-state index in [0.717, 1.165) is 39.2 Å². The Bertz CT molecular complexity index is 1260. The molecule has 0 aliphatic carbocycles. The van der Waals surface area contributed by atoms with E-state index in [0.29, 0.717) is 5.46 Å². The molecule has 5 rings (SSSR count). The van der Waals surface area contributed by atoms with E-state index in [-0.39, 0.29) is 0 Å². The molecule has 0 spiro atoms. The quantitative estimate of drug-likeness (QED) is 0.444. The molecular formula is C24H16BN3. The van der Waals surface area contributed by atoms with Gasteiger partial charge in [0.05, 0.1) is 11.0 Å². The molecule has 28 heavy (non-hydrogen) atoms. The highest BCUT2D eigenvalue weighted by Gasteiger charge is 2.15. The number of hydrogen-bond acceptors (Lipinski definition) is 2. The minimum absolute atomic E-state index is 0.697. The Morgan fingerprint density at radius 1 is 0.714 bits per heavy atom. The van der Waals surface area contributed by atoms with Crippen molar-refractivity contribution in [3.8, 4) is 28.2 Å². The van der Waals surface area contributed by atoms with Gasteiger partial charge < -0.3 is 0 Å². The molecule has 5 aromatic rings. The van der Waals surface area contributed by atoms with Crippen LogP contribution in [0.3, 0.4) is 0 Å². The number of imidazole rings is 1. The van der Waals surface area contributed by atoms with Crippen molar-refractivity contribution in [2.24, 2.45) is 0 Å². The second-order valence-electron chi connectivity index (χ2n) is 6.68. The van der Waals surface area contributed by atoms with Crippen LogP contribution in [0.5, 0.6) is 0 Å². The van der Waals surface area contributed by atoms with Crippen molar-refractivity contribution in [1.82, 2.24) is 14.5 Å². The van der Waals surface area contributed by atoms with Crippen LogP contribution in [0, 0.1) is 0 Å². The topological polar surface area (TPSA) is 30.7 Å². The maximum atomic E-state index is 6.26. The fourth-order valence-electron chi connectivity index (χ4n) is 3.54. The van der Waals surface area contributed by atoms with E-state index in [1.165, 1.54) is 0 Å². The minimum Gasteiger partial charge on any atom is -0.292 e. The van der Waals surface area contributed by atoms with Gasteiger partial charge in [0.15, 0.2) is 0 Å².